The lowest BCUT2D eigenvalue weighted by molar-refractivity contribution is 0.0700. The van der Waals surface area contributed by atoms with Crippen molar-refractivity contribution in [2.45, 2.75) is 57.7 Å². The summed E-state index contributed by atoms with van der Waals surface area (Å²) in [5.41, 5.74) is 1.17. The molecule has 148 valence electrons. The maximum absolute atomic E-state index is 5.39. The molecule has 3 heterocycles. The summed E-state index contributed by atoms with van der Waals surface area (Å²) in [5, 5.41) is 5.81. The first kappa shape index (κ1) is 18.8. The molecule has 4 rings (SSSR count). The number of rotatable bonds is 8. The lowest BCUT2D eigenvalue weighted by Gasteiger charge is -2.40. The summed E-state index contributed by atoms with van der Waals surface area (Å²) in [6.07, 6.45) is 8.66. The topological polar surface area (TPSA) is 39.5 Å². The van der Waals surface area contributed by atoms with E-state index in [-0.39, 0.29) is 0 Å². The van der Waals surface area contributed by atoms with Gasteiger partial charge in [-0.1, -0.05) is 6.92 Å². The van der Waals surface area contributed by atoms with E-state index in [1.807, 2.05) is 19.4 Å². The van der Waals surface area contributed by atoms with Crippen LogP contribution in [0, 0.1) is 11.8 Å². The third kappa shape index (κ3) is 3.99. The van der Waals surface area contributed by atoms with Crippen molar-refractivity contribution >= 4 is 10.9 Å². The van der Waals surface area contributed by atoms with Crippen molar-refractivity contribution in [1.82, 2.24) is 14.7 Å². The Morgan fingerprint density at radius 2 is 1.93 bits per heavy atom. The molecule has 4 atom stereocenters. The van der Waals surface area contributed by atoms with E-state index >= 15 is 0 Å². The van der Waals surface area contributed by atoms with Crippen LogP contribution in [-0.4, -0.2) is 54.1 Å². The van der Waals surface area contributed by atoms with E-state index in [4.69, 9.17) is 9.47 Å². The van der Waals surface area contributed by atoms with Gasteiger partial charge in [0.2, 0.25) is 0 Å². The SMILES string of the molecule is COCCC1C[C@H]2CC[C@@H](C1)N2C[C@@H](C)Cn1ncc2ccc(OC)cc21. The highest BCUT2D eigenvalue weighted by Gasteiger charge is 2.40. The Morgan fingerprint density at radius 3 is 2.63 bits per heavy atom. The van der Waals surface area contributed by atoms with Gasteiger partial charge in [-0.2, -0.15) is 5.10 Å². The zero-order valence-electron chi connectivity index (χ0n) is 16.9. The Morgan fingerprint density at radius 1 is 1.15 bits per heavy atom. The Hall–Kier alpha value is -1.59. The molecule has 1 aromatic heterocycles. The second-order valence-electron chi connectivity index (χ2n) is 8.56. The highest BCUT2D eigenvalue weighted by Crippen LogP contribution is 2.40. The Balaban J connectivity index is 1.38. The molecule has 5 nitrogen and oxygen atoms in total. The highest BCUT2D eigenvalue weighted by molar-refractivity contribution is 5.80. The number of benzene rings is 1. The normalized spacial score (nSPS) is 26.6. The van der Waals surface area contributed by atoms with E-state index in [0.29, 0.717) is 5.92 Å². The van der Waals surface area contributed by atoms with Gasteiger partial charge in [0.05, 0.1) is 18.8 Å². The zero-order chi connectivity index (χ0) is 18.8. The number of ether oxygens (including phenoxy) is 2. The van der Waals surface area contributed by atoms with Gasteiger partial charge in [0.1, 0.15) is 5.75 Å². The van der Waals surface area contributed by atoms with Crippen LogP contribution >= 0.6 is 0 Å². The molecule has 2 aliphatic heterocycles. The van der Waals surface area contributed by atoms with E-state index in [9.17, 15) is 0 Å². The summed E-state index contributed by atoms with van der Waals surface area (Å²) in [7, 11) is 3.54. The van der Waals surface area contributed by atoms with Gasteiger partial charge in [0.15, 0.2) is 0 Å². The van der Waals surface area contributed by atoms with Crippen LogP contribution in [0.4, 0.5) is 0 Å². The first-order chi connectivity index (χ1) is 13.2. The van der Waals surface area contributed by atoms with Crippen LogP contribution < -0.4 is 4.74 Å². The lowest BCUT2D eigenvalue weighted by atomic mass is 9.88. The molecule has 27 heavy (non-hydrogen) atoms. The predicted octanol–water partition coefficient (Wildman–Crippen LogP) is 3.96. The molecule has 2 bridgehead atoms. The molecule has 0 spiro atoms. The number of hydrogen-bond donors (Lipinski definition) is 0. The minimum Gasteiger partial charge on any atom is -0.497 e. The minimum absolute atomic E-state index is 0.581. The first-order valence-electron chi connectivity index (χ1n) is 10.4. The van der Waals surface area contributed by atoms with Crippen molar-refractivity contribution in [3.63, 3.8) is 0 Å². The molecule has 2 saturated heterocycles. The largest absolute Gasteiger partial charge is 0.497 e. The fourth-order valence-corrected chi connectivity index (χ4v) is 5.24. The van der Waals surface area contributed by atoms with Crippen molar-refractivity contribution in [2.24, 2.45) is 11.8 Å². The predicted molar refractivity (Wildman–Crippen MR) is 108 cm³/mol. The van der Waals surface area contributed by atoms with Crippen LogP contribution in [0.15, 0.2) is 24.4 Å². The van der Waals surface area contributed by atoms with Gasteiger partial charge in [-0.3, -0.25) is 9.58 Å². The average molecular weight is 372 g/mol. The molecular formula is C22H33N3O2. The number of fused-ring (bicyclic) bond motifs is 3. The maximum Gasteiger partial charge on any atom is 0.121 e. The van der Waals surface area contributed by atoms with Gasteiger partial charge in [-0.15, -0.1) is 0 Å². The van der Waals surface area contributed by atoms with Crippen molar-refractivity contribution in [3.05, 3.63) is 24.4 Å². The molecule has 2 fully saturated rings. The van der Waals surface area contributed by atoms with Crippen LogP contribution in [0.5, 0.6) is 5.75 Å². The molecule has 0 amide bonds. The number of aromatic nitrogens is 2. The molecule has 0 radical (unpaired) electrons. The molecule has 0 aliphatic carbocycles. The smallest absolute Gasteiger partial charge is 0.121 e. The van der Waals surface area contributed by atoms with Crippen molar-refractivity contribution in [3.8, 4) is 5.75 Å². The number of nitrogens with zero attached hydrogens (tertiary/aromatic N) is 3. The summed E-state index contributed by atoms with van der Waals surface area (Å²) in [5.74, 6) is 2.34. The van der Waals surface area contributed by atoms with E-state index in [2.05, 4.69) is 33.7 Å². The molecule has 1 unspecified atom stereocenters. The van der Waals surface area contributed by atoms with Crippen molar-refractivity contribution in [1.29, 1.82) is 0 Å². The number of hydrogen-bond acceptors (Lipinski definition) is 4. The van der Waals surface area contributed by atoms with Crippen molar-refractivity contribution < 1.29 is 9.47 Å². The number of piperidine rings is 1. The van der Waals surface area contributed by atoms with Crippen LogP contribution in [0.25, 0.3) is 10.9 Å². The summed E-state index contributed by atoms with van der Waals surface area (Å²) in [6, 6.07) is 7.75. The zero-order valence-corrected chi connectivity index (χ0v) is 16.9. The number of methoxy groups -OCH3 is 2. The summed E-state index contributed by atoms with van der Waals surface area (Å²) in [6.45, 7) is 5.41. The van der Waals surface area contributed by atoms with E-state index < -0.39 is 0 Å². The highest BCUT2D eigenvalue weighted by atomic mass is 16.5. The van der Waals surface area contributed by atoms with Crippen LogP contribution in [0.2, 0.25) is 0 Å². The molecule has 2 aliphatic rings. The van der Waals surface area contributed by atoms with E-state index in [1.165, 1.54) is 49.6 Å². The Kier molecular flexibility index (Phi) is 5.69. The average Bonchev–Trinajstić information content (AvgIpc) is 3.16. The fraction of sp³-hybridized carbons (Fsp3) is 0.682. The van der Waals surface area contributed by atoms with Crippen LogP contribution in [0.1, 0.15) is 39.0 Å². The summed E-state index contributed by atoms with van der Waals surface area (Å²) < 4.78 is 12.8. The molecule has 0 saturated carbocycles. The van der Waals surface area contributed by atoms with Crippen molar-refractivity contribution in [2.75, 3.05) is 27.4 Å². The molecule has 2 aromatic rings. The van der Waals surface area contributed by atoms with Gasteiger partial charge in [-0.25, -0.2) is 0 Å². The van der Waals surface area contributed by atoms with Gasteiger partial charge in [0, 0.05) is 50.3 Å². The van der Waals surface area contributed by atoms with Gasteiger partial charge in [-0.05, 0) is 56.1 Å². The monoisotopic (exact) mass is 371 g/mol. The quantitative estimate of drug-likeness (QED) is 0.704. The van der Waals surface area contributed by atoms with Gasteiger partial charge < -0.3 is 9.47 Å². The van der Waals surface area contributed by atoms with E-state index in [1.54, 1.807) is 7.11 Å². The second kappa shape index (κ2) is 8.19. The van der Waals surface area contributed by atoms with Gasteiger partial charge >= 0.3 is 0 Å². The van der Waals surface area contributed by atoms with Gasteiger partial charge in [0.25, 0.3) is 0 Å². The minimum atomic E-state index is 0.581. The third-order valence-electron chi connectivity index (χ3n) is 6.57. The standard InChI is InChI=1S/C22H33N3O2/c1-16(15-25-22-12-21(27-3)7-4-18(22)13-23-25)14-24-19-5-6-20(24)11-17(10-19)8-9-26-2/h4,7,12-13,16-17,19-20H,5-6,8-11,14-15H2,1-3H3/t16-,17?,19-,20+/m1/s1. The Labute approximate surface area is 162 Å². The second-order valence-corrected chi connectivity index (χ2v) is 8.56. The first-order valence-corrected chi connectivity index (χ1v) is 10.4. The Bertz CT molecular complexity index is 745. The summed E-state index contributed by atoms with van der Waals surface area (Å²) >= 11 is 0. The molecular weight excluding hydrogens is 338 g/mol. The van der Waals surface area contributed by atoms with E-state index in [0.717, 1.165) is 36.9 Å². The fourth-order valence-electron chi connectivity index (χ4n) is 5.24. The maximum atomic E-state index is 5.39. The molecule has 0 N–H and O–H groups in total. The lowest BCUT2D eigenvalue weighted by Crippen LogP contribution is -2.45. The molecule has 1 aromatic carbocycles. The van der Waals surface area contributed by atoms with Crippen LogP contribution in [0.3, 0.4) is 0 Å². The van der Waals surface area contributed by atoms with Crippen LogP contribution in [-0.2, 0) is 11.3 Å². The third-order valence-corrected chi connectivity index (χ3v) is 6.57. The summed E-state index contributed by atoms with van der Waals surface area (Å²) in [4.78, 5) is 2.81. The molecule has 5 heteroatoms.